The first-order valence-corrected chi connectivity index (χ1v) is 10.4. The molecule has 5 rings (SSSR count). The smallest absolute Gasteiger partial charge is 0.322 e. The molecular weight excluding hydrogens is 396 g/mol. The number of nitrogens with one attached hydrogen (secondary N) is 2. The van der Waals surface area contributed by atoms with Gasteiger partial charge >= 0.3 is 6.03 Å². The minimum atomic E-state index is -0.653. The number of urea groups is 1. The molecule has 31 heavy (non-hydrogen) atoms. The third-order valence-electron chi connectivity index (χ3n) is 6.35. The Bertz CT molecular complexity index is 1130. The van der Waals surface area contributed by atoms with E-state index in [0.29, 0.717) is 24.2 Å². The summed E-state index contributed by atoms with van der Waals surface area (Å²) in [5.41, 5.74) is 4.17. The van der Waals surface area contributed by atoms with Crippen LogP contribution in [0.4, 0.5) is 10.5 Å². The number of carbonyl (C=O) groups is 4. The Kier molecular flexibility index (Phi) is 4.50. The summed E-state index contributed by atoms with van der Waals surface area (Å²) in [6, 6.07) is 12.3. The molecule has 3 aliphatic heterocycles. The fourth-order valence-corrected chi connectivity index (χ4v) is 4.67. The molecule has 5 amide bonds. The van der Waals surface area contributed by atoms with E-state index >= 15 is 0 Å². The van der Waals surface area contributed by atoms with E-state index in [-0.39, 0.29) is 36.9 Å². The van der Waals surface area contributed by atoms with Gasteiger partial charge in [-0.25, -0.2) is 4.79 Å². The van der Waals surface area contributed by atoms with Gasteiger partial charge < -0.3 is 15.1 Å². The Balaban J connectivity index is 1.30. The zero-order valence-electron chi connectivity index (χ0n) is 17.1. The average Bonchev–Trinajstić information content (AvgIpc) is 3.25. The van der Waals surface area contributed by atoms with Crippen molar-refractivity contribution in [3.05, 3.63) is 64.7 Å². The molecule has 2 N–H and O–H groups in total. The summed E-state index contributed by atoms with van der Waals surface area (Å²) in [5.74, 6) is -0.979. The number of anilines is 1. The third-order valence-corrected chi connectivity index (χ3v) is 6.35. The van der Waals surface area contributed by atoms with Crippen molar-refractivity contribution in [3.63, 3.8) is 0 Å². The van der Waals surface area contributed by atoms with Gasteiger partial charge in [-0.15, -0.1) is 0 Å². The second kappa shape index (κ2) is 7.23. The minimum absolute atomic E-state index is 0.0183. The van der Waals surface area contributed by atoms with Gasteiger partial charge in [-0.05, 0) is 48.2 Å². The summed E-state index contributed by atoms with van der Waals surface area (Å²) in [6.07, 6.45) is 0.537. The van der Waals surface area contributed by atoms with Crippen LogP contribution in [0, 0.1) is 0 Å². The number of benzene rings is 2. The van der Waals surface area contributed by atoms with Crippen molar-refractivity contribution in [3.8, 4) is 0 Å². The maximum atomic E-state index is 12.9. The fraction of sp³-hybridized carbons (Fsp3) is 0.304. The van der Waals surface area contributed by atoms with E-state index in [4.69, 9.17) is 0 Å². The first-order chi connectivity index (χ1) is 14.9. The predicted molar refractivity (Wildman–Crippen MR) is 112 cm³/mol. The summed E-state index contributed by atoms with van der Waals surface area (Å²) >= 11 is 0. The number of nitrogens with zero attached hydrogens (tertiary/aromatic N) is 2. The van der Waals surface area contributed by atoms with Gasteiger partial charge in [0.2, 0.25) is 11.8 Å². The molecule has 0 saturated carbocycles. The molecule has 0 bridgehead atoms. The van der Waals surface area contributed by atoms with Gasteiger partial charge in [-0.2, -0.15) is 0 Å². The molecule has 2 aromatic rings. The molecule has 2 aromatic carbocycles. The van der Waals surface area contributed by atoms with Crippen molar-refractivity contribution < 1.29 is 19.2 Å². The van der Waals surface area contributed by atoms with Crippen molar-refractivity contribution in [2.45, 2.75) is 44.9 Å². The molecule has 1 unspecified atom stereocenters. The highest BCUT2D eigenvalue weighted by molar-refractivity contribution is 6.05. The van der Waals surface area contributed by atoms with E-state index in [1.807, 2.05) is 31.2 Å². The largest absolute Gasteiger partial charge is 0.322 e. The number of rotatable bonds is 2. The van der Waals surface area contributed by atoms with Gasteiger partial charge in [0.25, 0.3) is 5.91 Å². The Morgan fingerprint density at radius 1 is 1.06 bits per heavy atom. The van der Waals surface area contributed by atoms with Crippen molar-refractivity contribution in [2.24, 2.45) is 0 Å². The Labute approximate surface area is 179 Å². The van der Waals surface area contributed by atoms with E-state index in [1.54, 1.807) is 23.1 Å². The molecule has 8 nitrogen and oxygen atoms in total. The standard InChI is InChI=1S/C23H22N4O4/c1-13-17-5-3-2-4-14(17)11-26(13)23(31)24-16-6-7-18-15(10-16)12-27(22(18)30)19-8-9-20(28)25-21(19)29/h2-7,10,13,19H,8-9,11-12H2,1H3,(H,24,31)(H,25,28,29)/t13-,19?/m1/s1. The first-order valence-electron chi connectivity index (χ1n) is 10.4. The highest BCUT2D eigenvalue weighted by atomic mass is 16.2. The summed E-state index contributed by atoms with van der Waals surface area (Å²) < 4.78 is 0. The van der Waals surface area contributed by atoms with Crippen molar-refractivity contribution in [1.82, 2.24) is 15.1 Å². The van der Waals surface area contributed by atoms with Gasteiger partial charge in [0.15, 0.2) is 0 Å². The molecule has 2 atom stereocenters. The van der Waals surface area contributed by atoms with Crippen molar-refractivity contribution in [2.75, 3.05) is 5.32 Å². The molecular formula is C23H22N4O4. The van der Waals surface area contributed by atoms with Gasteiger partial charge in [0.05, 0.1) is 6.04 Å². The van der Waals surface area contributed by atoms with Crippen LogP contribution >= 0.6 is 0 Å². The lowest BCUT2D eigenvalue weighted by Gasteiger charge is -2.29. The zero-order valence-corrected chi connectivity index (χ0v) is 17.1. The lowest BCUT2D eigenvalue weighted by molar-refractivity contribution is -0.136. The Hall–Kier alpha value is -3.68. The van der Waals surface area contributed by atoms with Crippen LogP contribution < -0.4 is 10.6 Å². The maximum Gasteiger partial charge on any atom is 0.322 e. The van der Waals surface area contributed by atoms with Gasteiger partial charge in [0.1, 0.15) is 6.04 Å². The van der Waals surface area contributed by atoms with Crippen molar-refractivity contribution >= 4 is 29.4 Å². The lowest BCUT2D eigenvalue weighted by atomic mass is 10.0. The van der Waals surface area contributed by atoms with Crippen LogP contribution in [0.25, 0.3) is 0 Å². The molecule has 0 radical (unpaired) electrons. The molecule has 0 aliphatic carbocycles. The van der Waals surface area contributed by atoms with E-state index in [9.17, 15) is 19.2 Å². The molecule has 1 fully saturated rings. The number of carbonyl (C=O) groups excluding carboxylic acids is 4. The minimum Gasteiger partial charge on any atom is -0.322 e. The second-order valence-electron chi connectivity index (χ2n) is 8.20. The Morgan fingerprint density at radius 2 is 1.87 bits per heavy atom. The van der Waals surface area contributed by atoms with Gasteiger partial charge in [0, 0.05) is 30.8 Å². The fourth-order valence-electron chi connectivity index (χ4n) is 4.67. The van der Waals surface area contributed by atoms with Crippen molar-refractivity contribution in [1.29, 1.82) is 0 Å². The van der Waals surface area contributed by atoms with Crippen LogP contribution in [0.3, 0.4) is 0 Å². The summed E-state index contributed by atoms with van der Waals surface area (Å²) in [6.45, 7) is 2.83. The lowest BCUT2D eigenvalue weighted by Crippen LogP contribution is -2.52. The quantitative estimate of drug-likeness (QED) is 0.733. The number of hydrogen-bond acceptors (Lipinski definition) is 4. The number of hydrogen-bond donors (Lipinski definition) is 2. The number of fused-ring (bicyclic) bond motifs is 2. The molecule has 0 spiro atoms. The van der Waals surface area contributed by atoms with Crippen LogP contribution in [0.2, 0.25) is 0 Å². The average molecular weight is 418 g/mol. The van der Waals surface area contributed by atoms with E-state index in [2.05, 4.69) is 10.6 Å². The molecule has 1 saturated heterocycles. The molecule has 3 aliphatic rings. The summed E-state index contributed by atoms with van der Waals surface area (Å²) in [7, 11) is 0. The maximum absolute atomic E-state index is 12.9. The van der Waals surface area contributed by atoms with E-state index in [1.165, 1.54) is 4.90 Å². The highest BCUT2D eigenvalue weighted by Gasteiger charge is 2.39. The van der Waals surface area contributed by atoms with Crippen LogP contribution in [0.15, 0.2) is 42.5 Å². The van der Waals surface area contributed by atoms with Gasteiger partial charge in [-0.3, -0.25) is 19.7 Å². The van der Waals surface area contributed by atoms with Crippen LogP contribution in [0.1, 0.15) is 52.9 Å². The zero-order chi connectivity index (χ0) is 21.7. The monoisotopic (exact) mass is 418 g/mol. The molecule has 0 aromatic heterocycles. The third kappa shape index (κ3) is 3.24. The summed E-state index contributed by atoms with van der Waals surface area (Å²) in [5, 5.41) is 5.24. The number of imide groups is 1. The van der Waals surface area contributed by atoms with Crippen LogP contribution in [-0.4, -0.2) is 39.6 Å². The van der Waals surface area contributed by atoms with Crippen LogP contribution in [0.5, 0.6) is 0 Å². The molecule has 3 heterocycles. The van der Waals surface area contributed by atoms with Gasteiger partial charge in [-0.1, -0.05) is 24.3 Å². The topological polar surface area (TPSA) is 98.8 Å². The SMILES string of the molecule is C[C@@H]1c2ccccc2CN1C(=O)Nc1ccc2c(c1)CN(C1CCC(=O)NC1=O)C2=O. The Morgan fingerprint density at radius 3 is 2.65 bits per heavy atom. The molecule has 158 valence electrons. The van der Waals surface area contributed by atoms with Crippen LogP contribution in [-0.2, 0) is 22.7 Å². The van der Waals surface area contributed by atoms with E-state index < -0.39 is 11.9 Å². The first kappa shape index (κ1) is 19.3. The number of amides is 5. The number of piperidine rings is 1. The highest BCUT2D eigenvalue weighted by Crippen LogP contribution is 2.34. The van der Waals surface area contributed by atoms with E-state index in [0.717, 1.165) is 16.7 Å². The predicted octanol–water partition coefficient (Wildman–Crippen LogP) is 2.56. The second-order valence-corrected chi connectivity index (χ2v) is 8.20. The summed E-state index contributed by atoms with van der Waals surface area (Å²) in [4.78, 5) is 52.6. The molecule has 8 heteroatoms. The normalized spacial score (nSPS) is 22.3.